The monoisotopic (exact) mass is 257 g/mol. The molecular weight excluding hydrogens is 229 g/mol. The van der Waals surface area contributed by atoms with Gasteiger partial charge >= 0.3 is 7.12 Å². The molecule has 1 fully saturated rings. The van der Waals surface area contributed by atoms with Crippen molar-refractivity contribution in [1.29, 1.82) is 0 Å². The second-order valence-electron chi connectivity index (χ2n) is 5.10. The molecule has 0 atom stereocenters. The lowest BCUT2D eigenvalue weighted by Crippen LogP contribution is -2.45. The van der Waals surface area contributed by atoms with E-state index >= 15 is 0 Å². The molecule has 1 saturated heterocycles. The van der Waals surface area contributed by atoms with Crippen LogP contribution in [0.25, 0.3) is 0 Å². The zero-order valence-corrected chi connectivity index (χ0v) is 10.7. The van der Waals surface area contributed by atoms with Crippen LogP contribution in [-0.4, -0.2) is 22.9 Å². The van der Waals surface area contributed by atoms with Gasteiger partial charge in [-0.1, -0.05) is 6.04 Å². The van der Waals surface area contributed by atoms with Crippen molar-refractivity contribution in [1.82, 2.24) is 4.57 Å². The molecule has 4 nitrogen and oxygen atoms in total. The van der Waals surface area contributed by atoms with Crippen molar-refractivity contribution in [3.63, 3.8) is 0 Å². The molecule has 2 heterocycles. The quantitative estimate of drug-likeness (QED) is 0.747. The first-order valence-corrected chi connectivity index (χ1v) is 5.54. The van der Waals surface area contributed by atoms with Crippen LogP contribution < -0.4 is 11.2 Å². The van der Waals surface area contributed by atoms with Crippen molar-refractivity contribution in [2.24, 2.45) is 0 Å². The van der Waals surface area contributed by atoms with Crippen molar-refractivity contribution in [3.05, 3.63) is 28.5 Å². The molecule has 0 unspecified atom stereocenters. The lowest BCUT2D eigenvalue weighted by Gasteiger charge is -2.32. The van der Waals surface area contributed by atoms with E-state index in [1.165, 1.54) is 0 Å². The van der Waals surface area contributed by atoms with Gasteiger partial charge in [-0.3, -0.25) is 4.79 Å². The topological polar surface area (TPSA) is 40.5 Å². The summed E-state index contributed by atoms with van der Waals surface area (Å²) >= 11 is 0. The van der Waals surface area contributed by atoms with Gasteiger partial charge in [0, 0.05) is 19.4 Å². The molecule has 0 radical (unpaired) electrons. The number of nitrogens with zero attached hydrogens (tertiary/aromatic N) is 1. The van der Waals surface area contributed by atoms with Gasteiger partial charge in [-0.2, -0.15) is 0 Å². The van der Waals surface area contributed by atoms with Gasteiger partial charge in [-0.05, 0) is 40.6 Å². The van der Waals surface area contributed by atoms with Gasteiger partial charge in [0.2, 0.25) is 5.56 Å². The fourth-order valence-corrected chi connectivity index (χ4v) is 1.60. The molecule has 0 N–H and O–H groups in total. The van der Waals surface area contributed by atoms with Crippen molar-refractivity contribution in [3.8, 4) is 0 Å². The zero-order chi connectivity index (χ0) is 20.5. The largest absolute Gasteiger partial charge is 0.512 e. The number of pyridine rings is 1. The van der Waals surface area contributed by atoms with Crippen LogP contribution in [0.15, 0.2) is 22.9 Å². The molecule has 0 saturated carbocycles. The molecular formula is C13H20BNO3. The summed E-state index contributed by atoms with van der Waals surface area (Å²) in [5.74, 6) is 0. The molecule has 0 aromatic carbocycles. The van der Waals surface area contributed by atoms with Crippen LogP contribution in [0.3, 0.4) is 0 Å². The van der Waals surface area contributed by atoms with E-state index in [1.807, 2.05) is 0 Å². The third kappa shape index (κ3) is 2.02. The SMILES string of the molecule is [2H]c1c([2H])c(B2OC(C)(C)C(C)(C)O2)n(C([2H])([2H])C([2H])([2H])[2H])c(=O)c1[2H]. The Morgan fingerprint density at radius 1 is 1.39 bits per heavy atom. The Bertz CT molecular complexity index is 786. The molecule has 5 heteroatoms. The van der Waals surface area contributed by atoms with Crippen LogP contribution >= 0.6 is 0 Å². The maximum atomic E-state index is 12.5. The number of aromatic nitrogens is 1. The van der Waals surface area contributed by atoms with Crippen molar-refractivity contribution in [2.75, 3.05) is 0 Å². The van der Waals surface area contributed by atoms with E-state index in [9.17, 15) is 4.79 Å². The number of hydrogen-bond donors (Lipinski definition) is 0. The first-order valence-electron chi connectivity index (χ1n) is 9.54. The van der Waals surface area contributed by atoms with Crippen molar-refractivity contribution >= 4 is 12.7 Å². The van der Waals surface area contributed by atoms with Crippen LogP contribution in [0.2, 0.25) is 0 Å². The van der Waals surface area contributed by atoms with E-state index in [0.29, 0.717) is 0 Å². The van der Waals surface area contributed by atoms with Crippen LogP contribution in [0.5, 0.6) is 0 Å². The Morgan fingerprint density at radius 3 is 2.56 bits per heavy atom. The van der Waals surface area contributed by atoms with E-state index < -0.39 is 60.9 Å². The fourth-order valence-electron chi connectivity index (χ4n) is 1.60. The smallest absolute Gasteiger partial charge is 0.398 e. The minimum atomic E-state index is -3.27. The zero-order valence-electron chi connectivity index (χ0n) is 18.7. The third-order valence-corrected chi connectivity index (χ3v) is 3.39. The fraction of sp³-hybridized carbons (Fsp3) is 0.615. The van der Waals surface area contributed by atoms with E-state index in [-0.39, 0.29) is 4.57 Å². The average Bonchev–Trinajstić information content (AvgIpc) is 2.66. The number of rotatable bonds is 2. The highest BCUT2D eigenvalue weighted by Crippen LogP contribution is 2.36. The molecule has 1 aromatic rings. The molecule has 0 aliphatic carbocycles. The van der Waals surface area contributed by atoms with Crippen LogP contribution in [0.4, 0.5) is 0 Å². The molecule has 1 aliphatic rings. The Hall–Kier alpha value is -1.07. The highest BCUT2D eigenvalue weighted by molar-refractivity contribution is 6.61. The minimum Gasteiger partial charge on any atom is -0.398 e. The summed E-state index contributed by atoms with van der Waals surface area (Å²) in [7, 11) is -1.44. The third-order valence-electron chi connectivity index (χ3n) is 3.39. The number of hydrogen-bond acceptors (Lipinski definition) is 3. The van der Waals surface area contributed by atoms with E-state index in [0.717, 1.165) is 0 Å². The standard InChI is InChI=1S/C13H20BNO3/c1-6-15-10(8-7-9-11(15)16)14-17-12(2,3)13(4,5)18-14/h7-9H,6H2,1-5H3/i1D3,6D2,7D,8D,9D. The highest BCUT2D eigenvalue weighted by Gasteiger charge is 2.52. The van der Waals surface area contributed by atoms with Crippen LogP contribution in [0.1, 0.15) is 45.5 Å². The van der Waals surface area contributed by atoms with Crippen molar-refractivity contribution < 1.29 is 20.3 Å². The predicted octanol–water partition coefficient (Wildman–Crippen LogP) is 1.17. The van der Waals surface area contributed by atoms with E-state index in [4.69, 9.17) is 20.3 Å². The van der Waals surface area contributed by atoms with Crippen molar-refractivity contribution in [2.45, 2.75) is 52.2 Å². The molecule has 1 aliphatic heterocycles. The van der Waals surface area contributed by atoms with E-state index in [2.05, 4.69) is 0 Å². The van der Waals surface area contributed by atoms with Gasteiger partial charge in [0.1, 0.15) is 0 Å². The van der Waals surface area contributed by atoms with Gasteiger partial charge < -0.3 is 13.9 Å². The maximum Gasteiger partial charge on any atom is 0.512 e. The van der Waals surface area contributed by atoms with Gasteiger partial charge in [0.15, 0.2) is 0 Å². The average molecular weight is 257 g/mol. The summed E-state index contributed by atoms with van der Waals surface area (Å²) in [6.45, 7) is 0.270. The summed E-state index contributed by atoms with van der Waals surface area (Å²) in [4.78, 5) is 12.5. The second kappa shape index (κ2) is 4.25. The van der Waals surface area contributed by atoms with Gasteiger partial charge in [0.05, 0.1) is 20.9 Å². The predicted molar refractivity (Wildman–Crippen MR) is 72.1 cm³/mol. The van der Waals surface area contributed by atoms with E-state index in [1.54, 1.807) is 27.7 Å². The van der Waals surface area contributed by atoms with Gasteiger partial charge in [0.25, 0.3) is 0 Å². The minimum absolute atomic E-state index is 0.199. The molecule has 0 amide bonds. The summed E-state index contributed by atoms with van der Waals surface area (Å²) < 4.78 is 73.4. The second-order valence-corrected chi connectivity index (χ2v) is 5.10. The summed E-state index contributed by atoms with van der Waals surface area (Å²) in [5.41, 5.74) is -3.67. The molecule has 18 heavy (non-hydrogen) atoms. The Kier molecular flexibility index (Phi) is 1.51. The first-order chi connectivity index (χ1) is 11.5. The lowest BCUT2D eigenvalue weighted by atomic mass is 9.83. The molecule has 0 bridgehead atoms. The molecule has 98 valence electrons. The Balaban J connectivity index is 2.85. The van der Waals surface area contributed by atoms with Gasteiger partial charge in [-0.25, -0.2) is 0 Å². The Labute approximate surface area is 119 Å². The lowest BCUT2D eigenvalue weighted by molar-refractivity contribution is 0.00578. The summed E-state index contributed by atoms with van der Waals surface area (Å²) in [6, 6.07) is -2.41. The van der Waals surface area contributed by atoms with Gasteiger partial charge in [-0.15, -0.1) is 0 Å². The highest BCUT2D eigenvalue weighted by atomic mass is 16.7. The molecule has 0 spiro atoms. The van der Waals surface area contributed by atoms with Crippen LogP contribution in [-0.2, 0) is 15.8 Å². The molecule has 1 aromatic heterocycles. The molecule has 2 rings (SSSR count). The summed E-state index contributed by atoms with van der Waals surface area (Å²) in [5, 5.41) is 0. The summed E-state index contributed by atoms with van der Waals surface area (Å²) in [6.07, 6.45) is 0. The maximum absolute atomic E-state index is 12.5. The normalized spacial score (nSPS) is 29.2. The Morgan fingerprint density at radius 2 is 2.00 bits per heavy atom. The first kappa shape index (κ1) is 6.39. The van der Waals surface area contributed by atoms with Crippen LogP contribution in [0, 0.1) is 0 Å².